The Hall–Kier alpha value is -2.70. The zero-order valence-corrected chi connectivity index (χ0v) is 16.6. The molecular weight excluding hydrogens is 357 g/mol. The predicted octanol–water partition coefficient (Wildman–Crippen LogP) is 4.12. The Kier molecular flexibility index (Phi) is 6.79. The van der Waals surface area contributed by atoms with Crippen LogP contribution < -0.4 is 5.32 Å². The van der Waals surface area contributed by atoms with Gasteiger partial charge >= 0.3 is 6.03 Å². The van der Waals surface area contributed by atoms with Gasteiger partial charge in [0.15, 0.2) is 0 Å². The summed E-state index contributed by atoms with van der Waals surface area (Å²) in [4.78, 5) is 19.0. The molecule has 28 heavy (non-hydrogen) atoms. The maximum atomic E-state index is 13.2. The molecule has 0 saturated heterocycles. The number of amides is 2. The molecule has 1 aromatic heterocycles. The van der Waals surface area contributed by atoms with Crippen molar-refractivity contribution in [1.82, 2.24) is 25.0 Å². The summed E-state index contributed by atoms with van der Waals surface area (Å²) in [7, 11) is 1.80. The third kappa shape index (κ3) is 5.41. The normalized spacial score (nSPS) is 15.0. The summed E-state index contributed by atoms with van der Waals surface area (Å²) in [5.74, 6) is 0.424. The lowest BCUT2D eigenvalue weighted by atomic mass is 9.97. The van der Waals surface area contributed by atoms with Crippen LogP contribution in [0.2, 0.25) is 0 Å². The van der Waals surface area contributed by atoms with E-state index in [0.717, 1.165) is 24.8 Å². The summed E-state index contributed by atoms with van der Waals surface area (Å²) in [6.07, 6.45) is 9.36. The molecular formula is C21H28FN5O. The standard InChI is InChI=1S/C21H28FN5O/c1-16(20-23-15-24-26(20)2)25-21(28)27(13-12-17-6-4-3-5-7-17)14-18-8-10-19(22)11-9-18/h6,8-11,15-16H,3-5,7,12-14H2,1-2H3,(H,25,28)/t16-/m1/s1. The number of aryl methyl sites for hydroxylation is 1. The number of halogens is 1. The van der Waals surface area contributed by atoms with Crippen LogP contribution in [-0.4, -0.2) is 32.2 Å². The summed E-state index contributed by atoms with van der Waals surface area (Å²) in [6, 6.07) is 5.89. The van der Waals surface area contributed by atoms with Crippen molar-refractivity contribution in [2.24, 2.45) is 7.05 Å². The van der Waals surface area contributed by atoms with Gasteiger partial charge in [-0.25, -0.2) is 14.2 Å². The van der Waals surface area contributed by atoms with E-state index in [1.54, 1.807) is 28.8 Å². The molecule has 1 N–H and O–H groups in total. The average Bonchev–Trinajstić information content (AvgIpc) is 3.13. The number of urea groups is 1. The second kappa shape index (κ2) is 9.48. The zero-order valence-electron chi connectivity index (χ0n) is 16.6. The fourth-order valence-corrected chi connectivity index (χ4v) is 3.51. The maximum absolute atomic E-state index is 13.2. The van der Waals surface area contributed by atoms with Gasteiger partial charge in [0, 0.05) is 20.1 Å². The molecule has 1 aromatic carbocycles. The van der Waals surface area contributed by atoms with Crippen molar-refractivity contribution in [3.05, 3.63) is 59.4 Å². The lowest BCUT2D eigenvalue weighted by Crippen LogP contribution is -2.41. The second-order valence-electron chi connectivity index (χ2n) is 7.32. The summed E-state index contributed by atoms with van der Waals surface area (Å²) < 4.78 is 14.9. The van der Waals surface area contributed by atoms with Crippen LogP contribution in [0.3, 0.4) is 0 Å². The molecule has 7 heteroatoms. The minimum Gasteiger partial charge on any atom is -0.328 e. The van der Waals surface area contributed by atoms with Gasteiger partial charge in [0.25, 0.3) is 0 Å². The fraction of sp³-hybridized carbons (Fsp3) is 0.476. The van der Waals surface area contributed by atoms with E-state index < -0.39 is 0 Å². The van der Waals surface area contributed by atoms with Crippen LogP contribution in [0.1, 0.15) is 56.5 Å². The lowest BCUT2D eigenvalue weighted by molar-refractivity contribution is 0.191. The van der Waals surface area contributed by atoms with Crippen LogP contribution in [0.5, 0.6) is 0 Å². The molecule has 1 heterocycles. The monoisotopic (exact) mass is 385 g/mol. The van der Waals surface area contributed by atoms with E-state index in [9.17, 15) is 9.18 Å². The number of nitrogens with zero attached hydrogens (tertiary/aromatic N) is 4. The molecule has 0 saturated carbocycles. The average molecular weight is 385 g/mol. The molecule has 0 unspecified atom stereocenters. The molecule has 0 aliphatic heterocycles. The largest absolute Gasteiger partial charge is 0.328 e. The smallest absolute Gasteiger partial charge is 0.318 e. The van der Waals surface area contributed by atoms with Gasteiger partial charge in [-0.2, -0.15) is 5.10 Å². The topological polar surface area (TPSA) is 63.1 Å². The van der Waals surface area contributed by atoms with Gasteiger partial charge < -0.3 is 10.2 Å². The first kappa shape index (κ1) is 20.0. The quantitative estimate of drug-likeness (QED) is 0.730. The molecule has 0 fully saturated rings. The molecule has 3 rings (SSSR count). The van der Waals surface area contributed by atoms with Crippen LogP contribution >= 0.6 is 0 Å². The maximum Gasteiger partial charge on any atom is 0.318 e. The summed E-state index contributed by atoms with van der Waals surface area (Å²) in [5, 5.41) is 7.07. The number of carbonyl (C=O) groups is 1. The van der Waals surface area contributed by atoms with Gasteiger partial charge in [-0.1, -0.05) is 23.8 Å². The van der Waals surface area contributed by atoms with Gasteiger partial charge in [0.05, 0.1) is 6.04 Å². The summed E-state index contributed by atoms with van der Waals surface area (Å²) in [6.45, 7) is 2.95. The minimum absolute atomic E-state index is 0.156. The Morgan fingerprint density at radius 3 is 2.75 bits per heavy atom. The number of benzene rings is 1. The number of aromatic nitrogens is 3. The van der Waals surface area contributed by atoms with Gasteiger partial charge in [-0.15, -0.1) is 0 Å². The van der Waals surface area contributed by atoms with Crippen molar-refractivity contribution < 1.29 is 9.18 Å². The van der Waals surface area contributed by atoms with E-state index >= 15 is 0 Å². The van der Waals surface area contributed by atoms with E-state index in [4.69, 9.17) is 0 Å². The van der Waals surface area contributed by atoms with Gasteiger partial charge in [0.1, 0.15) is 18.0 Å². The third-order valence-corrected chi connectivity index (χ3v) is 5.14. The van der Waals surface area contributed by atoms with E-state index in [0.29, 0.717) is 18.9 Å². The van der Waals surface area contributed by atoms with Crippen molar-refractivity contribution >= 4 is 6.03 Å². The Balaban J connectivity index is 1.68. The number of allylic oxidation sites excluding steroid dienone is 1. The molecule has 0 spiro atoms. The number of nitrogens with one attached hydrogen (secondary N) is 1. The molecule has 6 nitrogen and oxygen atoms in total. The Labute approximate surface area is 165 Å². The van der Waals surface area contributed by atoms with E-state index in [1.165, 1.54) is 36.9 Å². The SMILES string of the molecule is C[C@@H](NC(=O)N(CCC1=CCCCC1)Cc1ccc(F)cc1)c1ncnn1C. The van der Waals surface area contributed by atoms with Crippen LogP contribution in [0.4, 0.5) is 9.18 Å². The first-order chi connectivity index (χ1) is 13.5. The molecule has 2 aromatic rings. The van der Waals surface area contributed by atoms with E-state index in [-0.39, 0.29) is 17.9 Å². The summed E-state index contributed by atoms with van der Waals surface area (Å²) >= 11 is 0. The van der Waals surface area contributed by atoms with Crippen molar-refractivity contribution in [1.29, 1.82) is 0 Å². The van der Waals surface area contributed by atoms with E-state index in [2.05, 4.69) is 21.5 Å². The first-order valence-electron chi connectivity index (χ1n) is 9.84. The summed E-state index contributed by atoms with van der Waals surface area (Å²) in [5.41, 5.74) is 2.32. The minimum atomic E-state index is -0.275. The molecule has 150 valence electrons. The van der Waals surface area contributed by atoms with Crippen LogP contribution in [-0.2, 0) is 13.6 Å². The predicted molar refractivity (Wildman–Crippen MR) is 106 cm³/mol. The highest BCUT2D eigenvalue weighted by Gasteiger charge is 2.20. The third-order valence-electron chi connectivity index (χ3n) is 5.14. The van der Waals surface area contributed by atoms with Crippen molar-refractivity contribution in [3.8, 4) is 0 Å². The highest BCUT2D eigenvalue weighted by Crippen LogP contribution is 2.21. The number of hydrogen-bond acceptors (Lipinski definition) is 3. The molecule has 1 aliphatic rings. The van der Waals surface area contributed by atoms with Crippen molar-refractivity contribution in [2.75, 3.05) is 6.54 Å². The molecule has 0 bridgehead atoms. The highest BCUT2D eigenvalue weighted by atomic mass is 19.1. The molecule has 1 atom stereocenters. The van der Waals surface area contributed by atoms with Crippen LogP contribution in [0, 0.1) is 5.82 Å². The Bertz CT molecular complexity index is 814. The highest BCUT2D eigenvalue weighted by molar-refractivity contribution is 5.74. The molecule has 1 aliphatic carbocycles. The Morgan fingerprint density at radius 2 is 2.11 bits per heavy atom. The van der Waals surface area contributed by atoms with Gasteiger partial charge in [0.2, 0.25) is 0 Å². The van der Waals surface area contributed by atoms with Crippen molar-refractivity contribution in [3.63, 3.8) is 0 Å². The Morgan fingerprint density at radius 1 is 1.32 bits per heavy atom. The fourth-order valence-electron chi connectivity index (χ4n) is 3.51. The number of carbonyl (C=O) groups excluding carboxylic acids is 1. The zero-order chi connectivity index (χ0) is 19.9. The lowest BCUT2D eigenvalue weighted by Gasteiger charge is -2.26. The van der Waals surface area contributed by atoms with Crippen LogP contribution in [0.15, 0.2) is 42.2 Å². The molecule has 0 radical (unpaired) electrons. The van der Waals surface area contributed by atoms with Crippen LogP contribution in [0.25, 0.3) is 0 Å². The first-order valence-corrected chi connectivity index (χ1v) is 9.84. The number of rotatable bonds is 7. The van der Waals surface area contributed by atoms with Gasteiger partial charge in [-0.05, 0) is 56.7 Å². The number of hydrogen-bond donors (Lipinski definition) is 1. The second-order valence-corrected chi connectivity index (χ2v) is 7.32. The van der Waals surface area contributed by atoms with Gasteiger partial charge in [-0.3, -0.25) is 4.68 Å². The van der Waals surface area contributed by atoms with Crippen molar-refractivity contribution in [2.45, 2.75) is 51.6 Å². The van der Waals surface area contributed by atoms with E-state index in [1.807, 2.05) is 6.92 Å². The molecule has 2 amide bonds.